The zero-order chi connectivity index (χ0) is 16.5. The van der Waals surface area contributed by atoms with Crippen LogP contribution < -0.4 is 4.74 Å². The summed E-state index contributed by atoms with van der Waals surface area (Å²) in [6.07, 6.45) is 3.08. The molecular weight excluding hydrogens is 272 g/mol. The van der Waals surface area contributed by atoms with Gasteiger partial charge in [0.1, 0.15) is 5.75 Å². The molecule has 3 atom stereocenters. The summed E-state index contributed by atoms with van der Waals surface area (Å²) in [6, 6.07) is 4.61. The highest BCUT2D eigenvalue weighted by molar-refractivity contribution is 5.49. The second kappa shape index (κ2) is 6.62. The molecule has 1 aromatic rings. The molecule has 1 heterocycles. The fraction of sp³-hybridized carbons (Fsp3) is 0.700. The summed E-state index contributed by atoms with van der Waals surface area (Å²) in [5, 5.41) is 0. The van der Waals surface area contributed by atoms with Crippen LogP contribution in [-0.4, -0.2) is 18.8 Å². The molecule has 3 unspecified atom stereocenters. The molecule has 2 nitrogen and oxygen atoms in total. The largest absolute Gasteiger partial charge is 0.493 e. The van der Waals surface area contributed by atoms with E-state index in [0.29, 0.717) is 24.7 Å². The molecule has 1 aliphatic heterocycles. The van der Waals surface area contributed by atoms with Gasteiger partial charge in [-0.2, -0.15) is 0 Å². The third kappa shape index (κ3) is 3.84. The molecule has 1 aromatic carbocycles. The summed E-state index contributed by atoms with van der Waals surface area (Å²) in [5.41, 5.74) is 4.11. The molecule has 124 valence electrons. The Balaban J connectivity index is 2.44. The van der Waals surface area contributed by atoms with Gasteiger partial charge in [-0.25, -0.2) is 0 Å². The van der Waals surface area contributed by atoms with Crippen LogP contribution in [0.5, 0.6) is 5.75 Å². The van der Waals surface area contributed by atoms with E-state index in [4.69, 9.17) is 9.47 Å². The highest BCUT2D eigenvalue weighted by Crippen LogP contribution is 2.43. The van der Waals surface area contributed by atoms with Gasteiger partial charge in [-0.05, 0) is 50.5 Å². The van der Waals surface area contributed by atoms with Gasteiger partial charge in [0.2, 0.25) is 0 Å². The number of hydrogen-bond donors (Lipinski definition) is 0. The van der Waals surface area contributed by atoms with Gasteiger partial charge in [-0.15, -0.1) is 0 Å². The quantitative estimate of drug-likeness (QED) is 0.660. The summed E-state index contributed by atoms with van der Waals surface area (Å²) >= 11 is 0. The molecule has 2 heteroatoms. The molecule has 1 aliphatic rings. The van der Waals surface area contributed by atoms with Gasteiger partial charge >= 0.3 is 0 Å². The smallest absolute Gasteiger partial charge is 0.126 e. The SMILES string of the molecule is CCOc1c(C(CC)CC2OC2C)cc(C)cc1C(C)(C)C. The zero-order valence-electron chi connectivity index (χ0n) is 15.3. The van der Waals surface area contributed by atoms with Crippen molar-refractivity contribution < 1.29 is 9.47 Å². The Morgan fingerprint density at radius 1 is 1.23 bits per heavy atom. The molecule has 0 radical (unpaired) electrons. The van der Waals surface area contributed by atoms with E-state index in [-0.39, 0.29) is 5.41 Å². The summed E-state index contributed by atoms with van der Waals surface area (Å²) in [5.74, 6) is 1.62. The molecule has 22 heavy (non-hydrogen) atoms. The number of epoxide rings is 1. The van der Waals surface area contributed by atoms with Crippen molar-refractivity contribution in [1.29, 1.82) is 0 Å². The Hall–Kier alpha value is -1.02. The molecule has 0 N–H and O–H groups in total. The van der Waals surface area contributed by atoms with Crippen LogP contribution in [0.2, 0.25) is 0 Å². The summed E-state index contributed by atoms with van der Waals surface area (Å²) in [6.45, 7) is 16.2. The lowest BCUT2D eigenvalue weighted by Gasteiger charge is -2.28. The van der Waals surface area contributed by atoms with E-state index in [1.165, 1.54) is 16.7 Å². The monoisotopic (exact) mass is 304 g/mol. The van der Waals surface area contributed by atoms with Crippen molar-refractivity contribution in [2.45, 2.75) is 84.8 Å². The second-order valence-electron chi connectivity index (χ2n) is 7.63. The van der Waals surface area contributed by atoms with E-state index in [1.54, 1.807) is 0 Å². The summed E-state index contributed by atoms with van der Waals surface area (Å²) in [4.78, 5) is 0. The Labute approximate surface area is 136 Å². The molecule has 0 aromatic heterocycles. The van der Waals surface area contributed by atoms with Crippen molar-refractivity contribution in [1.82, 2.24) is 0 Å². The standard InChI is InChI=1S/C20H32O2/c1-8-15(12-18-14(4)22-18)16-10-13(3)11-17(20(5,6)7)19(16)21-9-2/h10-11,14-15,18H,8-9,12H2,1-7H3. The molecule has 1 saturated heterocycles. The van der Waals surface area contributed by atoms with Crippen LogP contribution in [0.3, 0.4) is 0 Å². The molecule has 0 saturated carbocycles. The van der Waals surface area contributed by atoms with Gasteiger partial charge in [0.15, 0.2) is 0 Å². The first-order valence-corrected chi connectivity index (χ1v) is 8.71. The van der Waals surface area contributed by atoms with Crippen LogP contribution >= 0.6 is 0 Å². The predicted molar refractivity (Wildman–Crippen MR) is 93.0 cm³/mol. The van der Waals surface area contributed by atoms with Crippen molar-refractivity contribution >= 4 is 0 Å². The van der Waals surface area contributed by atoms with Crippen molar-refractivity contribution in [3.63, 3.8) is 0 Å². The molecule has 0 bridgehead atoms. The van der Waals surface area contributed by atoms with Gasteiger partial charge in [0, 0.05) is 5.56 Å². The number of hydrogen-bond acceptors (Lipinski definition) is 2. The number of aryl methyl sites for hydroxylation is 1. The maximum absolute atomic E-state index is 6.12. The summed E-state index contributed by atoms with van der Waals surface area (Å²) < 4.78 is 11.8. The first-order valence-electron chi connectivity index (χ1n) is 8.71. The Morgan fingerprint density at radius 3 is 2.32 bits per heavy atom. The lowest BCUT2D eigenvalue weighted by Crippen LogP contribution is -2.17. The van der Waals surface area contributed by atoms with Crippen LogP contribution in [0.4, 0.5) is 0 Å². The fourth-order valence-electron chi connectivity index (χ4n) is 3.24. The Bertz CT molecular complexity index is 513. The van der Waals surface area contributed by atoms with Crippen LogP contribution in [0.25, 0.3) is 0 Å². The van der Waals surface area contributed by atoms with Crippen LogP contribution in [0.15, 0.2) is 12.1 Å². The fourth-order valence-corrected chi connectivity index (χ4v) is 3.24. The normalized spacial score (nSPS) is 22.5. The predicted octanol–water partition coefficient (Wildman–Crippen LogP) is 5.36. The molecule has 0 amide bonds. The van der Waals surface area contributed by atoms with Crippen molar-refractivity contribution in [3.05, 3.63) is 28.8 Å². The van der Waals surface area contributed by atoms with E-state index in [0.717, 1.165) is 18.6 Å². The minimum absolute atomic E-state index is 0.0902. The Morgan fingerprint density at radius 2 is 1.86 bits per heavy atom. The lowest BCUT2D eigenvalue weighted by molar-refractivity contribution is 0.318. The lowest BCUT2D eigenvalue weighted by atomic mass is 9.80. The van der Waals surface area contributed by atoms with Gasteiger partial charge in [0.25, 0.3) is 0 Å². The number of rotatable bonds is 6. The van der Waals surface area contributed by atoms with Crippen molar-refractivity contribution in [3.8, 4) is 5.75 Å². The maximum Gasteiger partial charge on any atom is 0.126 e. The van der Waals surface area contributed by atoms with Crippen LogP contribution in [0.1, 0.15) is 77.0 Å². The highest BCUT2D eigenvalue weighted by atomic mass is 16.6. The average molecular weight is 304 g/mol. The van der Waals surface area contributed by atoms with Crippen molar-refractivity contribution in [2.75, 3.05) is 6.61 Å². The van der Waals surface area contributed by atoms with Crippen LogP contribution in [0, 0.1) is 6.92 Å². The van der Waals surface area contributed by atoms with E-state index in [2.05, 4.69) is 60.6 Å². The molecule has 2 rings (SSSR count). The molecular formula is C20H32O2. The topological polar surface area (TPSA) is 21.8 Å². The average Bonchev–Trinajstić information content (AvgIpc) is 3.12. The third-order valence-electron chi connectivity index (χ3n) is 4.64. The van der Waals surface area contributed by atoms with E-state index < -0.39 is 0 Å². The minimum atomic E-state index is 0.0902. The van der Waals surface area contributed by atoms with Crippen molar-refractivity contribution in [2.24, 2.45) is 0 Å². The summed E-state index contributed by atoms with van der Waals surface area (Å²) in [7, 11) is 0. The molecule has 0 aliphatic carbocycles. The minimum Gasteiger partial charge on any atom is -0.493 e. The van der Waals surface area contributed by atoms with E-state index in [1.807, 2.05) is 0 Å². The van der Waals surface area contributed by atoms with Crippen LogP contribution in [-0.2, 0) is 10.2 Å². The first-order chi connectivity index (χ1) is 10.3. The van der Waals surface area contributed by atoms with Gasteiger partial charge in [-0.3, -0.25) is 0 Å². The highest BCUT2D eigenvalue weighted by Gasteiger charge is 2.37. The maximum atomic E-state index is 6.12. The third-order valence-corrected chi connectivity index (χ3v) is 4.64. The second-order valence-corrected chi connectivity index (χ2v) is 7.63. The van der Waals surface area contributed by atoms with Gasteiger partial charge in [-0.1, -0.05) is 45.4 Å². The van der Waals surface area contributed by atoms with Gasteiger partial charge in [0.05, 0.1) is 18.8 Å². The Kier molecular flexibility index (Phi) is 5.21. The van der Waals surface area contributed by atoms with E-state index >= 15 is 0 Å². The number of benzene rings is 1. The van der Waals surface area contributed by atoms with Gasteiger partial charge < -0.3 is 9.47 Å². The molecule has 0 spiro atoms. The molecule has 1 fully saturated rings. The zero-order valence-corrected chi connectivity index (χ0v) is 15.3. The number of ether oxygens (including phenoxy) is 2. The first kappa shape index (κ1) is 17.3. The van der Waals surface area contributed by atoms with E-state index in [9.17, 15) is 0 Å².